The van der Waals surface area contributed by atoms with Crippen molar-refractivity contribution in [1.29, 1.82) is 0 Å². The molecule has 0 bridgehead atoms. The monoisotopic (exact) mass is 365 g/mol. The molecule has 2 rings (SSSR count). The summed E-state index contributed by atoms with van der Waals surface area (Å²) in [5, 5.41) is 1.03. The molecule has 0 spiro atoms. The molecule has 25 heavy (non-hydrogen) atoms. The van der Waals surface area contributed by atoms with Gasteiger partial charge in [-0.1, -0.05) is 18.5 Å². The summed E-state index contributed by atoms with van der Waals surface area (Å²) in [6.45, 7) is 4.83. The number of benzene rings is 1. The fourth-order valence-corrected chi connectivity index (χ4v) is 3.06. The molecule has 1 aromatic heterocycles. The van der Waals surface area contributed by atoms with Crippen molar-refractivity contribution in [1.82, 2.24) is 14.5 Å². The second kappa shape index (κ2) is 8.45. The number of carbonyl (C=O) groups is 1. The molecule has 1 aromatic carbocycles. The van der Waals surface area contributed by atoms with Crippen LogP contribution in [0.25, 0.3) is 10.9 Å². The Kier molecular flexibility index (Phi) is 6.56. The lowest BCUT2D eigenvalue weighted by atomic mass is 10.2. The van der Waals surface area contributed by atoms with E-state index in [4.69, 9.17) is 16.3 Å². The maximum absolute atomic E-state index is 12.6. The van der Waals surface area contributed by atoms with Crippen molar-refractivity contribution in [3.05, 3.63) is 39.4 Å². The first-order valence-corrected chi connectivity index (χ1v) is 8.73. The fourth-order valence-electron chi connectivity index (χ4n) is 2.89. The number of methoxy groups -OCH3 is 1. The smallest absolute Gasteiger partial charge is 0.261 e. The first kappa shape index (κ1) is 19.4. The average Bonchev–Trinajstić information content (AvgIpc) is 2.60. The summed E-state index contributed by atoms with van der Waals surface area (Å²) in [7, 11) is 3.31. The van der Waals surface area contributed by atoms with Crippen LogP contribution < -0.4 is 5.56 Å². The average molecular weight is 366 g/mol. The number of rotatable bonds is 7. The van der Waals surface area contributed by atoms with E-state index in [2.05, 4.69) is 4.98 Å². The van der Waals surface area contributed by atoms with E-state index in [0.717, 1.165) is 6.42 Å². The van der Waals surface area contributed by atoms with E-state index in [9.17, 15) is 9.59 Å². The Morgan fingerprint density at radius 1 is 1.44 bits per heavy atom. The maximum atomic E-state index is 12.6. The highest BCUT2D eigenvalue weighted by molar-refractivity contribution is 6.31. The summed E-state index contributed by atoms with van der Waals surface area (Å²) >= 11 is 6.04. The summed E-state index contributed by atoms with van der Waals surface area (Å²) in [6.07, 6.45) is 1.12. The highest BCUT2D eigenvalue weighted by Crippen LogP contribution is 2.22. The number of aromatic nitrogens is 2. The second-order valence-electron chi connectivity index (χ2n) is 5.96. The van der Waals surface area contributed by atoms with Crippen LogP contribution >= 0.6 is 11.6 Å². The van der Waals surface area contributed by atoms with Crippen molar-refractivity contribution in [2.24, 2.45) is 7.05 Å². The molecule has 0 radical (unpaired) electrons. The third-order valence-corrected chi connectivity index (χ3v) is 4.52. The van der Waals surface area contributed by atoms with Crippen LogP contribution in [0.1, 0.15) is 38.6 Å². The lowest BCUT2D eigenvalue weighted by molar-refractivity contribution is -0.133. The first-order chi connectivity index (χ1) is 11.9. The van der Waals surface area contributed by atoms with Gasteiger partial charge in [0, 0.05) is 38.8 Å². The van der Waals surface area contributed by atoms with E-state index in [1.165, 1.54) is 4.57 Å². The summed E-state index contributed by atoms with van der Waals surface area (Å²) in [6, 6.07) is 4.69. The highest BCUT2D eigenvalue weighted by Gasteiger charge is 2.24. The zero-order chi connectivity index (χ0) is 18.6. The Morgan fingerprint density at radius 3 is 2.80 bits per heavy atom. The number of hydrogen-bond donors (Lipinski definition) is 0. The van der Waals surface area contributed by atoms with Crippen molar-refractivity contribution in [3.63, 3.8) is 0 Å². The lowest BCUT2D eigenvalue weighted by Gasteiger charge is -2.29. The Morgan fingerprint density at radius 2 is 2.16 bits per heavy atom. The zero-order valence-corrected chi connectivity index (χ0v) is 15.8. The van der Waals surface area contributed by atoms with Crippen LogP contribution in [0, 0.1) is 0 Å². The second-order valence-corrected chi connectivity index (χ2v) is 6.40. The number of fused-ring (bicyclic) bond motifs is 1. The van der Waals surface area contributed by atoms with Gasteiger partial charge in [-0.2, -0.15) is 0 Å². The molecule has 1 unspecified atom stereocenters. The molecule has 0 saturated carbocycles. The predicted molar refractivity (Wildman–Crippen MR) is 98.9 cm³/mol. The minimum absolute atomic E-state index is 0.0176. The normalized spacial score (nSPS) is 12.4. The molecule has 6 nitrogen and oxygen atoms in total. The van der Waals surface area contributed by atoms with Gasteiger partial charge in [-0.25, -0.2) is 4.98 Å². The SMILES string of the molecule is CCC(=O)N(CCCOC)C(C)c1nc2cc(Cl)ccc2c(=O)n1C. The van der Waals surface area contributed by atoms with Crippen LogP contribution in [0.2, 0.25) is 5.02 Å². The van der Waals surface area contributed by atoms with E-state index >= 15 is 0 Å². The van der Waals surface area contributed by atoms with Gasteiger partial charge in [0.15, 0.2) is 0 Å². The summed E-state index contributed by atoms with van der Waals surface area (Å²) < 4.78 is 6.59. The minimum Gasteiger partial charge on any atom is -0.385 e. The van der Waals surface area contributed by atoms with Crippen molar-refractivity contribution in [2.45, 2.75) is 32.7 Å². The van der Waals surface area contributed by atoms with Gasteiger partial charge in [-0.15, -0.1) is 0 Å². The molecule has 0 aliphatic carbocycles. The lowest BCUT2D eigenvalue weighted by Crippen LogP contribution is -2.37. The number of halogens is 1. The van der Waals surface area contributed by atoms with Gasteiger partial charge in [0.2, 0.25) is 5.91 Å². The molecule has 0 N–H and O–H groups in total. The quantitative estimate of drug-likeness (QED) is 0.708. The molecule has 0 saturated heterocycles. The van der Waals surface area contributed by atoms with E-state index in [1.54, 1.807) is 37.3 Å². The van der Waals surface area contributed by atoms with Gasteiger partial charge in [-0.05, 0) is 31.5 Å². The van der Waals surface area contributed by atoms with E-state index in [-0.39, 0.29) is 17.5 Å². The molecular formula is C18H24ClN3O3. The molecule has 7 heteroatoms. The van der Waals surface area contributed by atoms with E-state index in [0.29, 0.717) is 41.3 Å². The number of hydrogen-bond acceptors (Lipinski definition) is 4. The summed E-state index contributed by atoms with van der Waals surface area (Å²) in [5.74, 6) is 0.558. The van der Waals surface area contributed by atoms with Crippen LogP contribution in [0.15, 0.2) is 23.0 Å². The number of nitrogens with zero attached hydrogens (tertiary/aromatic N) is 3. The van der Waals surface area contributed by atoms with E-state index in [1.807, 2.05) is 13.8 Å². The van der Waals surface area contributed by atoms with Gasteiger partial charge < -0.3 is 9.64 Å². The number of ether oxygens (including phenoxy) is 1. The predicted octanol–water partition coefficient (Wildman–Crippen LogP) is 2.92. The van der Waals surface area contributed by atoms with Gasteiger partial charge >= 0.3 is 0 Å². The van der Waals surface area contributed by atoms with Gasteiger partial charge in [0.1, 0.15) is 5.82 Å². The largest absolute Gasteiger partial charge is 0.385 e. The molecule has 1 atom stereocenters. The highest BCUT2D eigenvalue weighted by atomic mass is 35.5. The Balaban J connectivity index is 2.47. The topological polar surface area (TPSA) is 64.4 Å². The van der Waals surface area contributed by atoms with Crippen molar-refractivity contribution >= 4 is 28.4 Å². The van der Waals surface area contributed by atoms with Gasteiger partial charge in [-0.3, -0.25) is 14.2 Å². The molecular weight excluding hydrogens is 342 g/mol. The van der Waals surface area contributed by atoms with Crippen molar-refractivity contribution in [2.75, 3.05) is 20.3 Å². The van der Waals surface area contributed by atoms with Crippen LogP contribution in [-0.4, -0.2) is 40.6 Å². The Bertz CT molecular complexity index is 819. The van der Waals surface area contributed by atoms with Crippen molar-refractivity contribution in [3.8, 4) is 0 Å². The third kappa shape index (κ3) is 4.19. The molecule has 0 fully saturated rings. The van der Waals surface area contributed by atoms with Crippen LogP contribution in [0.3, 0.4) is 0 Å². The van der Waals surface area contributed by atoms with Crippen LogP contribution in [-0.2, 0) is 16.6 Å². The van der Waals surface area contributed by atoms with Gasteiger partial charge in [0.05, 0.1) is 16.9 Å². The number of carbonyl (C=O) groups excluding carboxylic acids is 1. The standard InChI is InChI=1S/C18H24ClN3O3/c1-5-16(23)22(9-6-10-25-4)12(2)17-20-15-11-13(19)7-8-14(15)18(24)21(17)3/h7-8,11-12H,5-6,9-10H2,1-4H3. The van der Waals surface area contributed by atoms with Crippen molar-refractivity contribution < 1.29 is 9.53 Å². The number of amides is 1. The fraction of sp³-hybridized carbons (Fsp3) is 0.500. The van der Waals surface area contributed by atoms with Crippen LogP contribution in [0.5, 0.6) is 0 Å². The molecule has 1 heterocycles. The minimum atomic E-state index is -0.328. The first-order valence-electron chi connectivity index (χ1n) is 8.35. The Hall–Kier alpha value is -1.92. The van der Waals surface area contributed by atoms with E-state index < -0.39 is 0 Å². The van der Waals surface area contributed by atoms with Gasteiger partial charge in [0.25, 0.3) is 5.56 Å². The molecule has 2 aromatic rings. The Labute approximate surface area is 152 Å². The third-order valence-electron chi connectivity index (χ3n) is 4.28. The molecule has 0 aliphatic rings. The summed E-state index contributed by atoms with van der Waals surface area (Å²) in [5.41, 5.74) is 0.391. The molecule has 136 valence electrons. The zero-order valence-electron chi connectivity index (χ0n) is 15.1. The molecule has 1 amide bonds. The van der Waals surface area contributed by atoms with Crippen LogP contribution in [0.4, 0.5) is 0 Å². The molecule has 0 aliphatic heterocycles. The summed E-state index contributed by atoms with van der Waals surface area (Å²) in [4.78, 5) is 31.4. The maximum Gasteiger partial charge on any atom is 0.261 e.